The minimum absolute atomic E-state index is 0.210. The Morgan fingerprint density at radius 3 is 3.00 bits per heavy atom. The molecule has 0 unspecified atom stereocenters. The van der Waals surface area contributed by atoms with Gasteiger partial charge in [0, 0.05) is 12.4 Å². The molecule has 0 aliphatic heterocycles. The van der Waals surface area contributed by atoms with Crippen LogP contribution in [0.25, 0.3) is 10.2 Å². The molecule has 1 amide bonds. The highest BCUT2D eigenvalue weighted by Crippen LogP contribution is 2.29. The van der Waals surface area contributed by atoms with Crippen LogP contribution in [0.1, 0.15) is 36.5 Å². The number of aromatic nitrogens is 2. The van der Waals surface area contributed by atoms with Gasteiger partial charge in [0.05, 0.1) is 22.4 Å². The second-order valence-corrected chi connectivity index (χ2v) is 6.43. The molecule has 24 heavy (non-hydrogen) atoms. The third kappa shape index (κ3) is 4.08. The van der Waals surface area contributed by atoms with Gasteiger partial charge in [-0.3, -0.25) is 15.1 Å². The molecule has 0 atom stereocenters. The van der Waals surface area contributed by atoms with Gasteiger partial charge in [-0.25, -0.2) is 4.98 Å². The van der Waals surface area contributed by atoms with Gasteiger partial charge < -0.3 is 4.74 Å². The molecule has 1 aromatic carbocycles. The molecule has 5 nitrogen and oxygen atoms in total. The number of thiazole rings is 1. The summed E-state index contributed by atoms with van der Waals surface area (Å²) in [7, 11) is 0. The van der Waals surface area contributed by atoms with E-state index in [4.69, 9.17) is 4.74 Å². The number of benzene rings is 1. The van der Waals surface area contributed by atoms with E-state index in [-0.39, 0.29) is 5.91 Å². The molecule has 1 N–H and O–H groups in total. The molecule has 3 aromatic rings. The minimum atomic E-state index is -0.210. The normalized spacial score (nSPS) is 10.7. The smallest absolute Gasteiger partial charge is 0.259 e. The summed E-state index contributed by atoms with van der Waals surface area (Å²) in [6.45, 7) is 2.90. The van der Waals surface area contributed by atoms with Gasteiger partial charge in [0.1, 0.15) is 5.75 Å². The fraction of sp³-hybridized carbons (Fsp3) is 0.278. The SMILES string of the molecule is CCCCCOc1ccc2nc(NC(=O)c3cccnc3)sc2c1. The zero-order valence-electron chi connectivity index (χ0n) is 13.5. The first-order valence-electron chi connectivity index (χ1n) is 8.01. The van der Waals surface area contributed by atoms with Crippen molar-refractivity contribution >= 4 is 32.6 Å². The first kappa shape index (κ1) is 16.4. The molecule has 6 heteroatoms. The zero-order chi connectivity index (χ0) is 16.8. The highest BCUT2D eigenvalue weighted by atomic mass is 32.1. The topological polar surface area (TPSA) is 64.1 Å². The standard InChI is InChI=1S/C18H19N3O2S/c1-2-3-4-10-23-14-7-8-15-16(11-14)24-18(20-15)21-17(22)13-6-5-9-19-12-13/h5-9,11-12H,2-4,10H2,1H3,(H,20,21,22). The van der Waals surface area contributed by atoms with Crippen molar-refractivity contribution in [3.8, 4) is 5.75 Å². The molecule has 0 saturated heterocycles. The van der Waals surface area contributed by atoms with Crippen molar-refractivity contribution in [3.05, 3.63) is 48.3 Å². The fourth-order valence-electron chi connectivity index (χ4n) is 2.26. The van der Waals surface area contributed by atoms with E-state index in [0.717, 1.165) is 29.0 Å². The van der Waals surface area contributed by atoms with Crippen molar-refractivity contribution < 1.29 is 9.53 Å². The number of fused-ring (bicyclic) bond motifs is 1. The maximum atomic E-state index is 12.2. The van der Waals surface area contributed by atoms with Crippen LogP contribution in [0.5, 0.6) is 5.75 Å². The Kier molecular flexibility index (Phi) is 5.38. The average molecular weight is 341 g/mol. The summed E-state index contributed by atoms with van der Waals surface area (Å²) in [6, 6.07) is 9.26. The van der Waals surface area contributed by atoms with Crippen LogP contribution in [0.3, 0.4) is 0 Å². The van der Waals surface area contributed by atoms with Crippen LogP contribution in [0, 0.1) is 0 Å². The quantitative estimate of drug-likeness (QED) is 0.642. The Labute approximate surface area is 144 Å². The molecule has 0 aliphatic carbocycles. The highest BCUT2D eigenvalue weighted by Gasteiger charge is 2.10. The van der Waals surface area contributed by atoms with E-state index in [0.29, 0.717) is 10.7 Å². The summed E-state index contributed by atoms with van der Waals surface area (Å²) in [4.78, 5) is 20.5. The molecular formula is C18H19N3O2S. The van der Waals surface area contributed by atoms with E-state index in [1.54, 1.807) is 18.3 Å². The van der Waals surface area contributed by atoms with Crippen LogP contribution in [0.15, 0.2) is 42.7 Å². The number of carbonyl (C=O) groups is 1. The lowest BCUT2D eigenvalue weighted by Gasteiger charge is -2.04. The molecule has 124 valence electrons. The van der Waals surface area contributed by atoms with Gasteiger partial charge in [0.15, 0.2) is 5.13 Å². The molecular weight excluding hydrogens is 322 g/mol. The summed E-state index contributed by atoms with van der Waals surface area (Å²) in [5.74, 6) is 0.630. The van der Waals surface area contributed by atoms with Gasteiger partial charge in [-0.2, -0.15) is 0 Å². The van der Waals surface area contributed by atoms with Crippen LogP contribution in [0.4, 0.5) is 5.13 Å². The van der Waals surface area contributed by atoms with Crippen LogP contribution in [0.2, 0.25) is 0 Å². The molecule has 0 saturated carbocycles. The van der Waals surface area contributed by atoms with Crippen molar-refractivity contribution in [1.82, 2.24) is 9.97 Å². The van der Waals surface area contributed by atoms with Gasteiger partial charge in [-0.1, -0.05) is 31.1 Å². The maximum Gasteiger partial charge on any atom is 0.259 e. The Hall–Kier alpha value is -2.47. The monoisotopic (exact) mass is 341 g/mol. The number of ether oxygens (including phenoxy) is 1. The van der Waals surface area contributed by atoms with Gasteiger partial charge in [0.25, 0.3) is 5.91 Å². The van der Waals surface area contributed by atoms with Crippen LogP contribution < -0.4 is 10.1 Å². The van der Waals surface area contributed by atoms with Crippen molar-refractivity contribution in [2.24, 2.45) is 0 Å². The lowest BCUT2D eigenvalue weighted by molar-refractivity contribution is 0.102. The Balaban J connectivity index is 1.68. The number of carbonyl (C=O) groups excluding carboxylic acids is 1. The van der Waals surface area contributed by atoms with E-state index < -0.39 is 0 Å². The molecule has 0 radical (unpaired) electrons. The summed E-state index contributed by atoms with van der Waals surface area (Å²) < 4.78 is 6.75. The number of rotatable bonds is 7. The van der Waals surface area contributed by atoms with Gasteiger partial charge in [0.2, 0.25) is 0 Å². The number of nitrogens with one attached hydrogen (secondary N) is 1. The van der Waals surface area contributed by atoms with Gasteiger partial charge in [-0.05, 0) is 36.8 Å². The largest absolute Gasteiger partial charge is 0.494 e. The fourth-order valence-corrected chi connectivity index (χ4v) is 3.15. The lowest BCUT2D eigenvalue weighted by atomic mass is 10.3. The van der Waals surface area contributed by atoms with Crippen LogP contribution >= 0.6 is 11.3 Å². The number of nitrogens with zero attached hydrogens (tertiary/aromatic N) is 2. The molecule has 2 heterocycles. The van der Waals surface area contributed by atoms with E-state index in [1.807, 2.05) is 18.2 Å². The van der Waals surface area contributed by atoms with Crippen molar-refractivity contribution in [3.63, 3.8) is 0 Å². The molecule has 2 aromatic heterocycles. The van der Waals surface area contributed by atoms with E-state index in [2.05, 4.69) is 22.2 Å². The maximum absolute atomic E-state index is 12.2. The second-order valence-electron chi connectivity index (χ2n) is 5.40. The molecule has 0 spiro atoms. The van der Waals surface area contributed by atoms with Crippen LogP contribution in [-0.4, -0.2) is 22.5 Å². The number of hydrogen-bond acceptors (Lipinski definition) is 5. The Bertz CT molecular complexity index is 818. The predicted molar refractivity (Wildman–Crippen MR) is 96.8 cm³/mol. The minimum Gasteiger partial charge on any atom is -0.494 e. The number of amides is 1. The second kappa shape index (κ2) is 7.88. The number of unbranched alkanes of at least 4 members (excludes halogenated alkanes) is 2. The van der Waals surface area contributed by atoms with Gasteiger partial charge >= 0.3 is 0 Å². The van der Waals surface area contributed by atoms with Crippen molar-refractivity contribution in [2.45, 2.75) is 26.2 Å². The molecule has 0 fully saturated rings. The van der Waals surface area contributed by atoms with Crippen LogP contribution in [-0.2, 0) is 0 Å². The van der Waals surface area contributed by atoms with Crippen molar-refractivity contribution in [2.75, 3.05) is 11.9 Å². The van der Waals surface area contributed by atoms with E-state index in [9.17, 15) is 4.79 Å². The number of pyridine rings is 1. The van der Waals surface area contributed by atoms with E-state index >= 15 is 0 Å². The predicted octanol–water partition coefficient (Wildman–Crippen LogP) is 4.51. The molecule has 0 bridgehead atoms. The number of anilines is 1. The zero-order valence-corrected chi connectivity index (χ0v) is 14.3. The lowest BCUT2D eigenvalue weighted by Crippen LogP contribution is -2.11. The third-order valence-corrected chi connectivity index (χ3v) is 4.45. The first-order chi connectivity index (χ1) is 11.8. The van der Waals surface area contributed by atoms with Crippen molar-refractivity contribution in [1.29, 1.82) is 0 Å². The highest BCUT2D eigenvalue weighted by molar-refractivity contribution is 7.22. The summed E-state index contributed by atoms with van der Waals surface area (Å²) in [5, 5.41) is 3.39. The summed E-state index contributed by atoms with van der Waals surface area (Å²) >= 11 is 1.43. The van der Waals surface area contributed by atoms with Gasteiger partial charge in [-0.15, -0.1) is 0 Å². The molecule has 0 aliphatic rings. The van der Waals surface area contributed by atoms with E-state index in [1.165, 1.54) is 30.4 Å². The summed E-state index contributed by atoms with van der Waals surface area (Å²) in [6.07, 6.45) is 6.58. The Morgan fingerprint density at radius 2 is 2.21 bits per heavy atom. The number of hydrogen-bond donors (Lipinski definition) is 1. The Morgan fingerprint density at radius 1 is 1.29 bits per heavy atom. The molecule has 3 rings (SSSR count). The summed E-state index contributed by atoms with van der Waals surface area (Å²) in [5.41, 5.74) is 1.36. The third-order valence-electron chi connectivity index (χ3n) is 3.52. The first-order valence-corrected chi connectivity index (χ1v) is 8.82. The average Bonchev–Trinajstić information content (AvgIpc) is 3.01.